The van der Waals surface area contributed by atoms with Gasteiger partial charge in [-0.2, -0.15) is 0 Å². The first-order chi connectivity index (χ1) is 13.9. The summed E-state index contributed by atoms with van der Waals surface area (Å²) in [4.78, 5) is 24.8. The Hall–Kier alpha value is -2.91. The van der Waals surface area contributed by atoms with Crippen LogP contribution in [0.25, 0.3) is 6.08 Å². The molecule has 0 N–H and O–H groups in total. The van der Waals surface area contributed by atoms with Gasteiger partial charge in [0.1, 0.15) is 22.4 Å². The molecular weight excluding hydrogens is 412 g/mol. The normalized spacial score (nSPS) is 15.1. The topological polar surface area (TPSA) is 81.9 Å². The number of ether oxygens (including phenoxy) is 2. The Kier molecular flexibility index (Phi) is 6.50. The largest absolute Gasteiger partial charge is 0.496 e. The Morgan fingerprint density at radius 3 is 2.55 bits per heavy atom. The fraction of sp³-hybridized carbons (Fsp3) is 0.200. The first-order valence-corrected chi connectivity index (χ1v) is 9.95. The lowest BCUT2D eigenvalue weighted by molar-refractivity contribution is -0.384. The van der Waals surface area contributed by atoms with E-state index in [9.17, 15) is 14.9 Å². The van der Waals surface area contributed by atoms with Crippen molar-refractivity contribution >= 4 is 46.0 Å². The molecule has 1 fully saturated rings. The zero-order chi connectivity index (χ0) is 21.0. The summed E-state index contributed by atoms with van der Waals surface area (Å²) in [6.45, 7) is 2.63. The molecule has 0 aliphatic carbocycles. The third-order valence-corrected chi connectivity index (χ3v) is 5.61. The highest BCUT2D eigenvalue weighted by atomic mass is 32.2. The van der Waals surface area contributed by atoms with Crippen LogP contribution >= 0.6 is 24.0 Å². The van der Waals surface area contributed by atoms with Gasteiger partial charge in [0, 0.05) is 24.2 Å². The van der Waals surface area contributed by atoms with Gasteiger partial charge in [0.25, 0.3) is 11.6 Å². The second-order valence-corrected chi connectivity index (χ2v) is 7.71. The van der Waals surface area contributed by atoms with Crippen LogP contribution in [0.2, 0.25) is 0 Å². The summed E-state index contributed by atoms with van der Waals surface area (Å²) in [7, 11) is 1.57. The minimum atomic E-state index is -0.461. The monoisotopic (exact) mass is 430 g/mol. The van der Waals surface area contributed by atoms with Gasteiger partial charge in [-0.3, -0.25) is 19.8 Å². The lowest BCUT2D eigenvalue weighted by Crippen LogP contribution is -2.27. The van der Waals surface area contributed by atoms with Crippen LogP contribution in [0.3, 0.4) is 0 Å². The number of amides is 1. The molecule has 0 spiro atoms. The van der Waals surface area contributed by atoms with Crippen LogP contribution in [0, 0.1) is 10.1 Å². The quantitative estimate of drug-likeness (QED) is 0.279. The van der Waals surface area contributed by atoms with Gasteiger partial charge in [0.15, 0.2) is 0 Å². The third-order valence-electron chi connectivity index (χ3n) is 4.23. The lowest BCUT2D eigenvalue weighted by Gasteiger charge is -2.11. The number of methoxy groups -OCH3 is 1. The Bertz CT molecular complexity index is 989. The molecule has 2 aromatic carbocycles. The van der Waals surface area contributed by atoms with E-state index in [1.165, 1.54) is 23.9 Å². The fourth-order valence-electron chi connectivity index (χ4n) is 2.75. The molecule has 150 valence electrons. The standard InChI is InChI=1S/C20H18N2O5S2/c1-3-21-19(23)18(29-20(21)28)11-13-4-9-17(26-2)14(10-13)12-27-16-7-5-15(6-8-16)22(24)25/h4-11H,3,12H2,1-2H3. The van der Waals surface area contributed by atoms with Crippen LogP contribution in [-0.2, 0) is 11.4 Å². The molecule has 29 heavy (non-hydrogen) atoms. The molecule has 0 unspecified atom stereocenters. The second-order valence-electron chi connectivity index (χ2n) is 6.04. The van der Waals surface area contributed by atoms with E-state index < -0.39 is 4.92 Å². The number of carbonyl (C=O) groups excluding carboxylic acids is 1. The molecule has 3 rings (SSSR count). The predicted molar refractivity (Wildman–Crippen MR) is 116 cm³/mol. The van der Waals surface area contributed by atoms with E-state index in [-0.39, 0.29) is 18.2 Å². The van der Waals surface area contributed by atoms with Crippen LogP contribution in [0.4, 0.5) is 5.69 Å². The van der Waals surface area contributed by atoms with Gasteiger partial charge < -0.3 is 9.47 Å². The fourth-order valence-corrected chi connectivity index (χ4v) is 4.13. The Balaban J connectivity index is 1.79. The molecule has 0 atom stereocenters. The van der Waals surface area contributed by atoms with Crippen molar-refractivity contribution in [2.45, 2.75) is 13.5 Å². The van der Waals surface area contributed by atoms with Crippen molar-refractivity contribution in [2.75, 3.05) is 13.7 Å². The molecule has 0 saturated carbocycles. The zero-order valence-corrected chi connectivity index (χ0v) is 17.4. The zero-order valence-electron chi connectivity index (χ0n) is 15.8. The number of nitrogens with zero attached hydrogens (tertiary/aromatic N) is 2. The van der Waals surface area contributed by atoms with Crippen LogP contribution in [0.15, 0.2) is 47.4 Å². The van der Waals surface area contributed by atoms with Crippen LogP contribution < -0.4 is 9.47 Å². The number of rotatable bonds is 7. The van der Waals surface area contributed by atoms with E-state index in [1.54, 1.807) is 36.3 Å². The minimum Gasteiger partial charge on any atom is -0.496 e. The van der Waals surface area contributed by atoms with Crippen molar-refractivity contribution in [2.24, 2.45) is 0 Å². The van der Waals surface area contributed by atoms with E-state index in [4.69, 9.17) is 21.7 Å². The number of nitro groups is 1. The number of nitro benzene ring substituents is 1. The van der Waals surface area contributed by atoms with E-state index in [1.807, 2.05) is 19.1 Å². The molecule has 0 aromatic heterocycles. The Morgan fingerprint density at radius 1 is 1.24 bits per heavy atom. The predicted octanol–water partition coefficient (Wildman–Crippen LogP) is 4.40. The van der Waals surface area contributed by atoms with Crippen molar-refractivity contribution in [3.8, 4) is 11.5 Å². The summed E-state index contributed by atoms with van der Waals surface area (Å²) < 4.78 is 11.7. The smallest absolute Gasteiger partial charge is 0.269 e. The average molecular weight is 431 g/mol. The Labute approximate surface area is 177 Å². The van der Waals surface area contributed by atoms with Gasteiger partial charge in [-0.1, -0.05) is 30.0 Å². The molecule has 0 radical (unpaired) electrons. The molecule has 2 aromatic rings. The third kappa shape index (κ3) is 4.75. The number of thiocarbonyl (C=S) groups is 1. The number of hydrogen-bond acceptors (Lipinski definition) is 7. The first-order valence-electron chi connectivity index (χ1n) is 8.72. The summed E-state index contributed by atoms with van der Waals surface area (Å²) in [5, 5.41) is 10.7. The van der Waals surface area contributed by atoms with Crippen molar-refractivity contribution in [1.82, 2.24) is 4.90 Å². The molecule has 0 bridgehead atoms. The van der Waals surface area contributed by atoms with Crippen LogP contribution in [-0.4, -0.2) is 33.7 Å². The maximum Gasteiger partial charge on any atom is 0.269 e. The van der Waals surface area contributed by atoms with Gasteiger partial charge in [-0.05, 0) is 42.8 Å². The van der Waals surface area contributed by atoms with Crippen LogP contribution in [0.5, 0.6) is 11.5 Å². The highest BCUT2D eigenvalue weighted by molar-refractivity contribution is 8.26. The number of thioether (sulfide) groups is 1. The number of non-ortho nitro benzene ring substituents is 1. The van der Waals surface area contributed by atoms with E-state index >= 15 is 0 Å². The summed E-state index contributed by atoms with van der Waals surface area (Å²) >= 11 is 6.52. The summed E-state index contributed by atoms with van der Waals surface area (Å²) in [5.41, 5.74) is 1.61. The summed E-state index contributed by atoms with van der Waals surface area (Å²) in [6.07, 6.45) is 1.80. The lowest BCUT2D eigenvalue weighted by atomic mass is 10.1. The van der Waals surface area contributed by atoms with Crippen molar-refractivity contribution in [3.05, 3.63) is 68.6 Å². The maximum atomic E-state index is 12.4. The highest BCUT2D eigenvalue weighted by Crippen LogP contribution is 2.33. The second kappa shape index (κ2) is 9.06. The minimum absolute atomic E-state index is 0.00122. The molecule has 1 amide bonds. The molecule has 1 heterocycles. The van der Waals surface area contributed by atoms with Gasteiger partial charge in [-0.15, -0.1) is 0 Å². The molecule has 1 aliphatic heterocycles. The van der Waals surface area contributed by atoms with Crippen molar-refractivity contribution < 1.29 is 19.2 Å². The Morgan fingerprint density at radius 2 is 1.97 bits per heavy atom. The molecule has 1 saturated heterocycles. The highest BCUT2D eigenvalue weighted by Gasteiger charge is 2.30. The number of likely N-dealkylation sites (N-methyl/N-ethyl adjacent to an activating group) is 1. The SMILES string of the molecule is CCN1C(=O)C(=Cc2ccc(OC)c(COc3ccc([N+](=O)[O-])cc3)c2)SC1=S. The van der Waals surface area contributed by atoms with E-state index in [0.717, 1.165) is 11.1 Å². The number of hydrogen-bond donors (Lipinski definition) is 0. The van der Waals surface area contributed by atoms with Crippen LogP contribution in [0.1, 0.15) is 18.1 Å². The van der Waals surface area contributed by atoms with E-state index in [0.29, 0.717) is 27.3 Å². The first kappa shape index (κ1) is 20.8. The van der Waals surface area contributed by atoms with Gasteiger partial charge in [0.2, 0.25) is 0 Å². The summed E-state index contributed by atoms with van der Waals surface area (Å²) in [5.74, 6) is 1.05. The van der Waals surface area contributed by atoms with Crippen molar-refractivity contribution in [1.29, 1.82) is 0 Å². The molecular formula is C20H18N2O5S2. The number of benzene rings is 2. The average Bonchev–Trinajstić information content (AvgIpc) is 2.99. The maximum absolute atomic E-state index is 12.4. The van der Waals surface area contributed by atoms with Gasteiger partial charge >= 0.3 is 0 Å². The molecule has 1 aliphatic rings. The number of carbonyl (C=O) groups is 1. The van der Waals surface area contributed by atoms with Crippen molar-refractivity contribution in [3.63, 3.8) is 0 Å². The van der Waals surface area contributed by atoms with Gasteiger partial charge in [0.05, 0.1) is 16.9 Å². The van der Waals surface area contributed by atoms with E-state index in [2.05, 4.69) is 0 Å². The summed E-state index contributed by atoms with van der Waals surface area (Å²) in [6, 6.07) is 11.4. The molecule has 7 nitrogen and oxygen atoms in total. The molecule has 9 heteroatoms. The van der Waals surface area contributed by atoms with Gasteiger partial charge in [-0.25, -0.2) is 0 Å².